The lowest BCUT2D eigenvalue weighted by Crippen LogP contribution is -2.31. The number of benzene rings is 1. The zero-order valence-electron chi connectivity index (χ0n) is 12.1. The molecule has 0 aliphatic rings. The molecule has 1 rings (SSSR count). The lowest BCUT2D eigenvalue weighted by atomic mass is 9.81. The molecule has 19 heavy (non-hydrogen) atoms. The van der Waals surface area contributed by atoms with E-state index in [4.69, 9.17) is 5.84 Å². The van der Waals surface area contributed by atoms with Crippen LogP contribution in [0.25, 0.3) is 0 Å². The van der Waals surface area contributed by atoms with Crippen LogP contribution in [0.2, 0.25) is 0 Å². The third-order valence-corrected chi connectivity index (χ3v) is 4.10. The molecule has 0 heterocycles. The van der Waals surface area contributed by atoms with Crippen LogP contribution >= 0.6 is 0 Å². The monoisotopic (exact) mass is 284 g/mol. The standard InChI is InChI=1S/C14H24N2O2S/c1-14(2,3)12-8-6-5-7-11(12)13(16-15)9-10-19(4,17)18/h5-8,13,16H,9-10,15H2,1-4H3. The van der Waals surface area contributed by atoms with Crippen LogP contribution in [0, 0.1) is 0 Å². The van der Waals surface area contributed by atoms with Crippen molar-refractivity contribution in [2.24, 2.45) is 5.84 Å². The summed E-state index contributed by atoms with van der Waals surface area (Å²) in [6.45, 7) is 6.40. The Labute approximate surface area is 116 Å². The van der Waals surface area contributed by atoms with Crippen LogP contribution in [-0.2, 0) is 15.3 Å². The SMILES string of the molecule is CC(C)(C)c1ccccc1C(CCS(C)(=O)=O)NN. The molecule has 5 heteroatoms. The van der Waals surface area contributed by atoms with Gasteiger partial charge < -0.3 is 0 Å². The van der Waals surface area contributed by atoms with Gasteiger partial charge in [-0.25, -0.2) is 8.42 Å². The summed E-state index contributed by atoms with van der Waals surface area (Å²) < 4.78 is 22.6. The van der Waals surface area contributed by atoms with Gasteiger partial charge in [0, 0.05) is 12.3 Å². The smallest absolute Gasteiger partial charge is 0.147 e. The van der Waals surface area contributed by atoms with Crippen LogP contribution in [0.5, 0.6) is 0 Å². The molecular formula is C14H24N2O2S. The predicted octanol–water partition coefficient (Wildman–Crippen LogP) is 1.92. The third-order valence-electron chi connectivity index (χ3n) is 3.12. The summed E-state index contributed by atoms with van der Waals surface area (Å²) in [6, 6.07) is 7.88. The first kappa shape index (κ1) is 16.1. The Bertz CT molecular complexity index is 518. The minimum Gasteiger partial charge on any atom is -0.271 e. The van der Waals surface area contributed by atoms with E-state index in [1.807, 2.05) is 18.2 Å². The molecule has 3 N–H and O–H groups in total. The van der Waals surface area contributed by atoms with Gasteiger partial charge in [0.15, 0.2) is 0 Å². The van der Waals surface area contributed by atoms with Crippen molar-refractivity contribution in [2.75, 3.05) is 12.0 Å². The van der Waals surface area contributed by atoms with Crippen molar-refractivity contribution < 1.29 is 8.42 Å². The van der Waals surface area contributed by atoms with Gasteiger partial charge in [-0.1, -0.05) is 45.0 Å². The second kappa shape index (κ2) is 6.03. The summed E-state index contributed by atoms with van der Waals surface area (Å²) in [5.41, 5.74) is 4.99. The Kier molecular flexibility index (Phi) is 5.12. The second-order valence-corrected chi connectivity index (χ2v) is 8.23. The van der Waals surface area contributed by atoms with Gasteiger partial charge in [0.2, 0.25) is 0 Å². The molecule has 1 unspecified atom stereocenters. The van der Waals surface area contributed by atoms with E-state index in [9.17, 15) is 8.42 Å². The van der Waals surface area contributed by atoms with Gasteiger partial charge >= 0.3 is 0 Å². The van der Waals surface area contributed by atoms with Crippen molar-refractivity contribution in [1.29, 1.82) is 0 Å². The van der Waals surface area contributed by atoms with Crippen molar-refractivity contribution in [3.8, 4) is 0 Å². The number of hydrogen-bond acceptors (Lipinski definition) is 4. The topological polar surface area (TPSA) is 72.2 Å². The Hall–Kier alpha value is -0.910. The van der Waals surface area contributed by atoms with Crippen LogP contribution in [0.4, 0.5) is 0 Å². The van der Waals surface area contributed by atoms with Gasteiger partial charge in [0.25, 0.3) is 0 Å². The Morgan fingerprint density at radius 1 is 1.26 bits per heavy atom. The maximum atomic E-state index is 11.3. The van der Waals surface area contributed by atoms with Crippen LogP contribution in [0.15, 0.2) is 24.3 Å². The van der Waals surface area contributed by atoms with Crippen LogP contribution in [-0.4, -0.2) is 20.4 Å². The third kappa shape index (κ3) is 4.93. The summed E-state index contributed by atoms with van der Waals surface area (Å²) in [4.78, 5) is 0. The van der Waals surface area contributed by atoms with Gasteiger partial charge in [-0.15, -0.1) is 0 Å². The van der Waals surface area contributed by atoms with Crippen molar-refractivity contribution >= 4 is 9.84 Å². The quantitative estimate of drug-likeness (QED) is 0.640. The first-order valence-corrected chi connectivity index (χ1v) is 8.44. The zero-order valence-corrected chi connectivity index (χ0v) is 12.9. The molecule has 0 bridgehead atoms. The molecule has 0 amide bonds. The molecular weight excluding hydrogens is 260 g/mol. The van der Waals surface area contributed by atoms with Crippen LogP contribution < -0.4 is 11.3 Å². The highest BCUT2D eigenvalue weighted by Gasteiger charge is 2.22. The van der Waals surface area contributed by atoms with Gasteiger partial charge in [0.1, 0.15) is 9.84 Å². The van der Waals surface area contributed by atoms with Gasteiger partial charge in [0.05, 0.1) is 5.75 Å². The molecule has 0 aliphatic carbocycles. The van der Waals surface area contributed by atoms with E-state index < -0.39 is 9.84 Å². The first-order chi connectivity index (χ1) is 8.65. The maximum absolute atomic E-state index is 11.3. The predicted molar refractivity (Wildman–Crippen MR) is 79.5 cm³/mol. The van der Waals surface area contributed by atoms with Crippen LogP contribution in [0.1, 0.15) is 44.4 Å². The van der Waals surface area contributed by atoms with E-state index in [0.29, 0.717) is 6.42 Å². The van der Waals surface area contributed by atoms with Crippen molar-refractivity contribution in [2.45, 2.75) is 38.6 Å². The lowest BCUT2D eigenvalue weighted by Gasteiger charge is -2.27. The molecule has 4 nitrogen and oxygen atoms in total. The van der Waals surface area contributed by atoms with Crippen LogP contribution in [0.3, 0.4) is 0 Å². The van der Waals surface area contributed by atoms with E-state index in [2.05, 4.69) is 32.3 Å². The Morgan fingerprint density at radius 2 is 1.84 bits per heavy atom. The first-order valence-electron chi connectivity index (χ1n) is 6.38. The highest BCUT2D eigenvalue weighted by Crippen LogP contribution is 2.30. The van der Waals surface area contributed by atoms with Crippen molar-refractivity contribution in [3.63, 3.8) is 0 Å². The number of hydrogen-bond donors (Lipinski definition) is 2. The summed E-state index contributed by atoms with van der Waals surface area (Å²) in [5, 5.41) is 0. The summed E-state index contributed by atoms with van der Waals surface area (Å²) in [7, 11) is -2.98. The normalized spacial score (nSPS) is 14.4. The van der Waals surface area contributed by atoms with E-state index >= 15 is 0 Å². The molecule has 0 aromatic heterocycles. The molecule has 0 fully saturated rings. The van der Waals surface area contributed by atoms with E-state index in [1.54, 1.807) is 0 Å². The lowest BCUT2D eigenvalue weighted by molar-refractivity contribution is 0.506. The number of rotatable bonds is 5. The average molecular weight is 284 g/mol. The average Bonchev–Trinajstić information content (AvgIpc) is 2.27. The van der Waals surface area contributed by atoms with Gasteiger partial charge in [-0.3, -0.25) is 11.3 Å². The van der Waals surface area contributed by atoms with Gasteiger partial charge in [-0.05, 0) is 23.0 Å². The van der Waals surface area contributed by atoms with E-state index in [0.717, 1.165) is 5.56 Å². The van der Waals surface area contributed by atoms with Crippen molar-refractivity contribution in [3.05, 3.63) is 35.4 Å². The molecule has 0 radical (unpaired) electrons. The fraction of sp³-hybridized carbons (Fsp3) is 0.571. The molecule has 0 spiro atoms. The minimum atomic E-state index is -2.98. The fourth-order valence-electron chi connectivity index (χ4n) is 2.14. The highest BCUT2D eigenvalue weighted by atomic mass is 32.2. The number of nitrogens with one attached hydrogen (secondary N) is 1. The fourth-order valence-corrected chi connectivity index (χ4v) is 2.81. The molecule has 108 valence electrons. The summed E-state index contributed by atoms with van der Waals surface area (Å²) in [5.74, 6) is 5.73. The number of nitrogens with two attached hydrogens (primary N) is 1. The molecule has 0 saturated carbocycles. The Balaban J connectivity index is 3.05. The molecule has 0 aliphatic heterocycles. The van der Waals surface area contributed by atoms with Gasteiger partial charge in [-0.2, -0.15) is 0 Å². The molecule has 1 atom stereocenters. The number of hydrazine groups is 1. The van der Waals surface area contributed by atoms with Crippen molar-refractivity contribution in [1.82, 2.24) is 5.43 Å². The largest absolute Gasteiger partial charge is 0.271 e. The highest BCUT2D eigenvalue weighted by molar-refractivity contribution is 7.90. The number of sulfone groups is 1. The zero-order chi connectivity index (χ0) is 14.7. The Morgan fingerprint density at radius 3 is 2.32 bits per heavy atom. The minimum absolute atomic E-state index is 0.00319. The molecule has 1 aromatic rings. The van der Waals surface area contributed by atoms with E-state index in [1.165, 1.54) is 11.8 Å². The molecule has 0 saturated heterocycles. The maximum Gasteiger partial charge on any atom is 0.147 e. The second-order valence-electron chi connectivity index (χ2n) is 5.98. The molecule has 1 aromatic carbocycles. The summed E-state index contributed by atoms with van der Waals surface area (Å²) in [6.07, 6.45) is 1.72. The van der Waals surface area contributed by atoms with E-state index in [-0.39, 0.29) is 17.2 Å². The summed E-state index contributed by atoms with van der Waals surface area (Å²) >= 11 is 0.